The van der Waals surface area contributed by atoms with Crippen LogP contribution in [0.4, 0.5) is 5.69 Å². The third-order valence-electron chi connectivity index (χ3n) is 3.49. The van der Waals surface area contributed by atoms with Crippen LogP contribution in [0.5, 0.6) is 0 Å². The van der Waals surface area contributed by atoms with Crippen molar-refractivity contribution in [2.75, 3.05) is 12.4 Å². The highest BCUT2D eigenvalue weighted by molar-refractivity contribution is 6.02. The summed E-state index contributed by atoms with van der Waals surface area (Å²) < 4.78 is 6.14. The van der Waals surface area contributed by atoms with Gasteiger partial charge in [0.1, 0.15) is 6.33 Å². The molecule has 3 rings (SSSR count). The maximum absolute atomic E-state index is 12.1. The number of amides is 1. The van der Waals surface area contributed by atoms with E-state index in [-0.39, 0.29) is 5.91 Å². The van der Waals surface area contributed by atoms with Gasteiger partial charge in [0.25, 0.3) is 0 Å². The van der Waals surface area contributed by atoms with E-state index in [1.165, 1.54) is 24.2 Å². The number of anilines is 1. The fraction of sp³-hybridized carbons (Fsp3) is 0.0556. The van der Waals surface area contributed by atoms with Crippen molar-refractivity contribution in [1.29, 1.82) is 0 Å². The lowest BCUT2D eigenvalue weighted by atomic mass is 10.1. The maximum Gasteiger partial charge on any atom is 0.337 e. The summed E-state index contributed by atoms with van der Waals surface area (Å²) in [6, 6.07) is 13.9. The van der Waals surface area contributed by atoms with Crippen LogP contribution >= 0.6 is 0 Å². The molecule has 130 valence electrons. The molecule has 1 heterocycles. The number of rotatable bonds is 5. The molecule has 8 heteroatoms. The van der Waals surface area contributed by atoms with Gasteiger partial charge >= 0.3 is 5.97 Å². The second kappa shape index (κ2) is 7.84. The molecule has 0 saturated carbocycles. The molecule has 1 N–H and O–H groups in total. The number of carbonyl (C=O) groups excluding carboxylic acids is 2. The van der Waals surface area contributed by atoms with Crippen molar-refractivity contribution >= 4 is 23.6 Å². The Morgan fingerprint density at radius 2 is 1.96 bits per heavy atom. The van der Waals surface area contributed by atoms with E-state index in [0.29, 0.717) is 11.3 Å². The van der Waals surface area contributed by atoms with E-state index in [0.717, 1.165) is 11.3 Å². The molecule has 0 spiro atoms. The lowest BCUT2D eigenvalue weighted by molar-refractivity contribution is -0.111. The molecule has 8 nitrogen and oxygen atoms in total. The Morgan fingerprint density at radius 3 is 2.65 bits per heavy atom. The molecule has 0 bridgehead atoms. The van der Waals surface area contributed by atoms with Gasteiger partial charge in [-0.1, -0.05) is 18.2 Å². The second-order valence-electron chi connectivity index (χ2n) is 5.24. The molecule has 0 aliphatic carbocycles. The Bertz CT molecular complexity index is 934. The summed E-state index contributed by atoms with van der Waals surface area (Å²) in [6.45, 7) is 0. The highest BCUT2D eigenvalue weighted by atomic mass is 16.5. The van der Waals surface area contributed by atoms with E-state index in [1.54, 1.807) is 48.5 Å². The van der Waals surface area contributed by atoms with Crippen molar-refractivity contribution in [2.45, 2.75) is 0 Å². The lowest BCUT2D eigenvalue weighted by Crippen LogP contribution is -2.08. The summed E-state index contributed by atoms with van der Waals surface area (Å²) in [5.74, 6) is -0.684. The lowest BCUT2D eigenvalue weighted by Gasteiger charge is -2.05. The molecule has 0 radical (unpaired) electrons. The van der Waals surface area contributed by atoms with E-state index in [9.17, 15) is 9.59 Å². The van der Waals surface area contributed by atoms with Crippen LogP contribution in [0, 0.1) is 0 Å². The van der Waals surface area contributed by atoms with Gasteiger partial charge in [-0.3, -0.25) is 4.79 Å². The number of hydrogen-bond donors (Lipinski definition) is 1. The van der Waals surface area contributed by atoms with Crippen molar-refractivity contribution < 1.29 is 14.3 Å². The molecule has 1 amide bonds. The second-order valence-corrected chi connectivity index (χ2v) is 5.24. The number of hydrogen-bond acceptors (Lipinski definition) is 6. The molecule has 2 aromatic carbocycles. The third-order valence-corrected chi connectivity index (χ3v) is 3.49. The van der Waals surface area contributed by atoms with E-state index in [2.05, 4.69) is 25.6 Å². The minimum atomic E-state index is -0.402. The fourth-order valence-electron chi connectivity index (χ4n) is 2.21. The van der Waals surface area contributed by atoms with Crippen LogP contribution in [0.2, 0.25) is 0 Å². The zero-order chi connectivity index (χ0) is 18.4. The highest BCUT2D eigenvalue weighted by Gasteiger charge is 2.04. The predicted molar refractivity (Wildman–Crippen MR) is 94.6 cm³/mol. The maximum atomic E-state index is 12.1. The number of nitrogens with zero attached hydrogens (tertiary/aromatic N) is 4. The number of tetrazole rings is 1. The Morgan fingerprint density at radius 1 is 1.15 bits per heavy atom. The summed E-state index contributed by atoms with van der Waals surface area (Å²) in [5.41, 5.74) is 2.59. The first-order chi connectivity index (χ1) is 12.7. The summed E-state index contributed by atoms with van der Waals surface area (Å²) in [4.78, 5) is 23.5. The van der Waals surface area contributed by atoms with Crippen LogP contribution in [0.1, 0.15) is 15.9 Å². The van der Waals surface area contributed by atoms with Crippen molar-refractivity contribution in [3.63, 3.8) is 0 Å². The molecule has 0 unspecified atom stereocenters. The van der Waals surface area contributed by atoms with Gasteiger partial charge in [0.15, 0.2) is 0 Å². The van der Waals surface area contributed by atoms with Crippen LogP contribution in [0.25, 0.3) is 11.8 Å². The molecular formula is C18H15N5O3. The summed E-state index contributed by atoms with van der Waals surface area (Å²) in [5, 5.41) is 13.7. The van der Waals surface area contributed by atoms with E-state index >= 15 is 0 Å². The molecule has 0 fully saturated rings. The monoisotopic (exact) mass is 349 g/mol. The van der Waals surface area contributed by atoms with Crippen LogP contribution < -0.4 is 5.32 Å². The molecule has 1 aromatic heterocycles. The average molecular weight is 349 g/mol. The summed E-state index contributed by atoms with van der Waals surface area (Å²) >= 11 is 0. The largest absolute Gasteiger partial charge is 0.465 e. The molecule has 0 saturated heterocycles. The summed E-state index contributed by atoms with van der Waals surface area (Å²) in [7, 11) is 1.33. The van der Waals surface area contributed by atoms with E-state index in [1.807, 2.05) is 6.07 Å². The Labute approximate surface area is 149 Å². The SMILES string of the molecule is COC(=O)c1ccc(/C=C/C(=O)Nc2cccc(-n3cnnn3)c2)cc1. The van der Waals surface area contributed by atoms with Gasteiger partial charge in [-0.05, 0) is 52.4 Å². The van der Waals surface area contributed by atoms with Gasteiger partial charge in [0.2, 0.25) is 5.91 Å². The van der Waals surface area contributed by atoms with Crippen molar-refractivity contribution in [1.82, 2.24) is 20.2 Å². The van der Waals surface area contributed by atoms with Crippen LogP contribution in [0.3, 0.4) is 0 Å². The van der Waals surface area contributed by atoms with Gasteiger partial charge in [-0.2, -0.15) is 0 Å². The summed E-state index contributed by atoms with van der Waals surface area (Å²) in [6.07, 6.45) is 4.54. The molecule has 3 aromatic rings. The van der Waals surface area contributed by atoms with Crippen LogP contribution in [-0.2, 0) is 9.53 Å². The molecular weight excluding hydrogens is 334 g/mol. The third kappa shape index (κ3) is 4.18. The Balaban J connectivity index is 1.64. The molecule has 0 atom stereocenters. The minimum absolute atomic E-state index is 0.282. The average Bonchev–Trinajstić information content (AvgIpc) is 3.21. The van der Waals surface area contributed by atoms with Gasteiger partial charge in [0.05, 0.1) is 18.4 Å². The predicted octanol–water partition coefficient (Wildman–Crippen LogP) is 2.10. The first-order valence-corrected chi connectivity index (χ1v) is 7.66. The Hall–Kier alpha value is -3.81. The topological polar surface area (TPSA) is 99.0 Å². The van der Waals surface area contributed by atoms with Gasteiger partial charge in [0, 0.05) is 11.8 Å². The minimum Gasteiger partial charge on any atom is -0.465 e. The molecule has 26 heavy (non-hydrogen) atoms. The molecule has 0 aliphatic rings. The zero-order valence-electron chi connectivity index (χ0n) is 13.9. The van der Waals surface area contributed by atoms with E-state index < -0.39 is 5.97 Å². The van der Waals surface area contributed by atoms with Crippen LogP contribution in [-0.4, -0.2) is 39.2 Å². The number of aromatic nitrogens is 4. The number of nitrogens with one attached hydrogen (secondary N) is 1. The number of carbonyl (C=O) groups is 2. The normalized spacial score (nSPS) is 10.7. The Kier molecular flexibility index (Phi) is 5.14. The van der Waals surface area contributed by atoms with Gasteiger partial charge < -0.3 is 10.1 Å². The number of ether oxygens (including phenoxy) is 1. The smallest absolute Gasteiger partial charge is 0.337 e. The fourth-order valence-corrected chi connectivity index (χ4v) is 2.21. The quantitative estimate of drug-likeness (QED) is 0.559. The standard InChI is InChI=1S/C18H15N5O3/c1-26-18(25)14-8-5-13(6-9-14)7-10-17(24)20-15-3-2-4-16(11-15)23-12-19-21-22-23/h2-12H,1H3,(H,20,24)/b10-7+. The van der Waals surface area contributed by atoms with E-state index in [4.69, 9.17) is 0 Å². The number of esters is 1. The first-order valence-electron chi connectivity index (χ1n) is 7.66. The van der Waals surface area contributed by atoms with Gasteiger partial charge in [-0.25, -0.2) is 9.48 Å². The molecule has 0 aliphatic heterocycles. The zero-order valence-corrected chi connectivity index (χ0v) is 13.9. The first kappa shape index (κ1) is 17.0. The van der Waals surface area contributed by atoms with Gasteiger partial charge in [-0.15, -0.1) is 5.10 Å². The van der Waals surface area contributed by atoms with Crippen molar-refractivity contribution in [3.05, 3.63) is 72.1 Å². The van der Waals surface area contributed by atoms with Crippen LogP contribution in [0.15, 0.2) is 60.9 Å². The number of methoxy groups -OCH3 is 1. The number of benzene rings is 2. The van der Waals surface area contributed by atoms with Crippen molar-refractivity contribution in [3.8, 4) is 5.69 Å². The highest BCUT2D eigenvalue weighted by Crippen LogP contribution is 2.13. The van der Waals surface area contributed by atoms with Crippen molar-refractivity contribution in [2.24, 2.45) is 0 Å².